The molecule has 1 unspecified atom stereocenters. The van der Waals surface area contributed by atoms with Crippen LogP contribution in [-0.2, 0) is 0 Å². The molecular weight excluding hydrogens is 275 g/mol. The number of halogens is 4. The second-order valence-electron chi connectivity index (χ2n) is 4.17. The van der Waals surface area contributed by atoms with E-state index in [1.54, 1.807) is 13.0 Å². The minimum absolute atomic E-state index is 0.0334. The number of hydrogen-bond donors (Lipinski definition) is 1. The number of anilines is 1. The molecule has 0 aliphatic rings. The van der Waals surface area contributed by atoms with Crippen LogP contribution < -0.4 is 5.32 Å². The van der Waals surface area contributed by atoms with Crippen molar-refractivity contribution in [3.8, 4) is 0 Å². The topological polar surface area (TPSA) is 12.0 Å². The third-order valence-electron chi connectivity index (χ3n) is 2.75. The lowest BCUT2D eigenvalue weighted by Crippen LogP contribution is -2.07. The molecule has 2 aromatic rings. The number of rotatable bonds is 3. The fourth-order valence-electron chi connectivity index (χ4n) is 1.70. The maximum absolute atomic E-state index is 13.3. The molecule has 0 aliphatic carbocycles. The third-order valence-corrected chi connectivity index (χ3v) is 3.05. The minimum Gasteiger partial charge on any atom is -0.378 e. The van der Waals surface area contributed by atoms with Gasteiger partial charge >= 0.3 is 0 Å². The molecule has 100 valence electrons. The summed E-state index contributed by atoms with van der Waals surface area (Å²) in [7, 11) is 0. The quantitative estimate of drug-likeness (QED) is 0.843. The Morgan fingerprint density at radius 2 is 1.68 bits per heavy atom. The van der Waals surface area contributed by atoms with Crippen LogP contribution in [0.15, 0.2) is 36.4 Å². The van der Waals surface area contributed by atoms with Gasteiger partial charge in [-0.05, 0) is 42.8 Å². The largest absolute Gasteiger partial charge is 0.378 e. The first-order valence-corrected chi connectivity index (χ1v) is 6.01. The van der Waals surface area contributed by atoms with Crippen LogP contribution >= 0.6 is 11.6 Å². The molecule has 2 aromatic carbocycles. The Morgan fingerprint density at radius 1 is 0.947 bits per heavy atom. The van der Waals surface area contributed by atoms with E-state index in [2.05, 4.69) is 5.32 Å². The van der Waals surface area contributed by atoms with Gasteiger partial charge in [0.25, 0.3) is 0 Å². The van der Waals surface area contributed by atoms with Gasteiger partial charge in [0, 0.05) is 11.7 Å². The maximum atomic E-state index is 13.3. The summed E-state index contributed by atoms with van der Waals surface area (Å²) in [5, 5.41) is 3.02. The molecule has 1 atom stereocenters. The van der Waals surface area contributed by atoms with Gasteiger partial charge in [-0.25, -0.2) is 13.2 Å². The zero-order chi connectivity index (χ0) is 14.0. The predicted octanol–water partition coefficient (Wildman–Crippen LogP) is 4.93. The van der Waals surface area contributed by atoms with Gasteiger partial charge in [-0.1, -0.05) is 17.7 Å². The van der Waals surface area contributed by atoms with Crippen molar-refractivity contribution < 1.29 is 13.2 Å². The number of hydrogen-bond acceptors (Lipinski definition) is 1. The fraction of sp³-hybridized carbons (Fsp3) is 0.143. The normalized spacial score (nSPS) is 12.3. The fourth-order valence-corrected chi connectivity index (χ4v) is 1.82. The van der Waals surface area contributed by atoms with Crippen LogP contribution in [-0.4, -0.2) is 0 Å². The second-order valence-corrected chi connectivity index (χ2v) is 4.58. The lowest BCUT2D eigenvalue weighted by molar-refractivity contribution is 0.506. The van der Waals surface area contributed by atoms with Gasteiger partial charge in [0.2, 0.25) is 0 Å². The monoisotopic (exact) mass is 285 g/mol. The average Bonchev–Trinajstić information content (AvgIpc) is 2.37. The van der Waals surface area contributed by atoms with Crippen LogP contribution in [0.25, 0.3) is 0 Å². The van der Waals surface area contributed by atoms with Crippen LogP contribution in [0.4, 0.5) is 18.9 Å². The summed E-state index contributed by atoms with van der Waals surface area (Å²) in [5.41, 5.74) is 1.08. The van der Waals surface area contributed by atoms with Crippen LogP contribution in [0.1, 0.15) is 18.5 Å². The number of benzene rings is 2. The van der Waals surface area contributed by atoms with Gasteiger partial charge in [0.15, 0.2) is 11.6 Å². The van der Waals surface area contributed by atoms with Crippen molar-refractivity contribution in [3.63, 3.8) is 0 Å². The van der Waals surface area contributed by atoms with Crippen LogP contribution in [0.2, 0.25) is 5.02 Å². The van der Waals surface area contributed by atoms with E-state index in [1.807, 2.05) is 0 Å². The van der Waals surface area contributed by atoms with Crippen molar-refractivity contribution in [2.45, 2.75) is 13.0 Å². The summed E-state index contributed by atoms with van der Waals surface area (Å²) < 4.78 is 39.2. The highest BCUT2D eigenvalue weighted by Gasteiger charge is 2.10. The zero-order valence-corrected chi connectivity index (χ0v) is 10.8. The first-order valence-electron chi connectivity index (χ1n) is 5.64. The highest BCUT2D eigenvalue weighted by molar-refractivity contribution is 6.30. The van der Waals surface area contributed by atoms with Gasteiger partial charge in [-0.15, -0.1) is 0 Å². The van der Waals surface area contributed by atoms with Gasteiger partial charge in [-0.2, -0.15) is 0 Å². The lowest BCUT2D eigenvalue weighted by atomic mass is 10.1. The van der Waals surface area contributed by atoms with Crippen molar-refractivity contribution in [2.75, 3.05) is 5.32 Å². The summed E-state index contributed by atoms with van der Waals surface area (Å²) in [6.45, 7) is 1.76. The molecule has 19 heavy (non-hydrogen) atoms. The van der Waals surface area contributed by atoms with E-state index in [-0.39, 0.29) is 11.1 Å². The Balaban J connectivity index is 2.17. The van der Waals surface area contributed by atoms with Gasteiger partial charge < -0.3 is 5.32 Å². The van der Waals surface area contributed by atoms with E-state index in [1.165, 1.54) is 18.2 Å². The van der Waals surface area contributed by atoms with Crippen molar-refractivity contribution >= 4 is 17.3 Å². The first kappa shape index (κ1) is 13.7. The molecule has 0 radical (unpaired) electrons. The summed E-state index contributed by atoms with van der Waals surface area (Å²) in [4.78, 5) is 0. The van der Waals surface area contributed by atoms with E-state index in [0.717, 1.165) is 12.1 Å². The molecule has 5 heteroatoms. The molecular formula is C14H11ClF3N. The highest BCUT2D eigenvalue weighted by atomic mass is 35.5. The van der Waals surface area contributed by atoms with Crippen LogP contribution in [0, 0.1) is 17.5 Å². The zero-order valence-electron chi connectivity index (χ0n) is 10.1. The van der Waals surface area contributed by atoms with Crippen molar-refractivity contribution in [1.29, 1.82) is 0 Å². The molecule has 0 aliphatic heterocycles. The Bertz CT molecular complexity index is 601. The average molecular weight is 286 g/mol. The highest BCUT2D eigenvalue weighted by Crippen LogP contribution is 2.24. The Hall–Kier alpha value is -1.68. The molecule has 0 spiro atoms. The Labute approximate surface area is 114 Å². The van der Waals surface area contributed by atoms with Crippen molar-refractivity contribution in [1.82, 2.24) is 0 Å². The van der Waals surface area contributed by atoms with Gasteiger partial charge in [0.1, 0.15) is 5.82 Å². The van der Waals surface area contributed by atoms with Crippen LogP contribution in [0.3, 0.4) is 0 Å². The summed E-state index contributed by atoms with van der Waals surface area (Å²) in [6.07, 6.45) is 0. The minimum atomic E-state index is -0.909. The van der Waals surface area contributed by atoms with Crippen molar-refractivity contribution in [2.24, 2.45) is 0 Å². The summed E-state index contributed by atoms with van der Waals surface area (Å²) in [6, 6.07) is 7.64. The molecule has 0 bridgehead atoms. The van der Waals surface area contributed by atoms with E-state index in [9.17, 15) is 13.2 Å². The standard InChI is InChI=1S/C14H11ClF3N/c1-8(9-2-5-12(16)14(18)6-9)19-10-3-4-11(15)13(17)7-10/h2-8,19H,1H3. The molecule has 1 nitrogen and oxygen atoms in total. The molecule has 2 rings (SSSR count). The van der Waals surface area contributed by atoms with Gasteiger partial charge in [-0.3, -0.25) is 0 Å². The SMILES string of the molecule is CC(Nc1ccc(Cl)c(F)c1)c1ccc(F)c(F)c1. The van der Waals surface area contributed by atoms with Gasteiger partial charge in [0.05, 0.1) is 5.02 Å². The second kappa shape index (κ2) is 5.53. The smallest absolute Gasteiger partial charge is 0.159 e. The van der Waals surface area contributed by atoms with Crippen LogP contribution in [0.5, 0.6) is 0 Å². The molecule has 0 saturated carbocycles. The Kier molecular flexibility index (Phi) is 4.00. The predicted molar refractivity (Wildman–Crippen MR) is 69.8 cm³/mol. The van der Waals surface area contributed by atoms with E-state index < -0.39 is 17.5 Å². The molecule has 0 saturated heterocycles. The Morgan fingerprint density at radius 3 is 2.32 bits per heavy atom. The number of nitrogens with one attached hydrogen (secondary N) is 1. The molecule has 0 aromatic heterocycles. The maximum Gasteiger partial charge on any atom is 0.159 e. The summed E-state index contributed by atoms with van der Waals surface area (Å²) >= 11 is 5.58. The van der Waals surface area contributed by atoms with E-state index in [4.69, 9.17) is 11.6 Å². The molecule has 0 heterocycles. The molecule has 1 N–H and O–H groups in total. The lowest BCUT2D eigenvalue weighted by Gasteiger charge is -2.16. The third kappa shape index (κ3) is 3.20. The summed E-state index contributed by atoms with van der Waals surface area (Å²) in [5.74, 6) is -2.34. The molecule has 0 fully saturated rings. The van der Waals surface area contributed by atoms with Crippen molar-refractivity contribution in [3.05, 3.63) is 64.4 Å². The van der Waals surface area contributed by atoms with E-state index in [0.29, 0.717) is 11.3 Å². The first-order chi connectivity index (χ1) is 8.97. The molecule has 0 amide bonds. The van der Waals surface area contributed by atoms with E-state index >= 15 is 0 Å².